The Morgan fingerprint density at radius 1 is 0.241 bits per heavy atom. The summed E-state index contributed by atoms with van der Waals surface area (Å²) in [5, 5.41) is 7.71. The number of hydrogen-bond acceptors (Lipinski definition) is 4. The van der Waals surface area contributed by atoms with Crippen molar-refractivity contribution in [1.29, 1.82) is 0 Å². The maximum absolute atomic E-state index is 4.97. The summed E-state index contributed by atoms with van der Waals surface area (Å²) in [6.07, 6.45) is 3.66. The number of benzene rings is 8. The van der Waals surface area contributed by atoms with Crippen molar-refractivity contribution in [2.45, 2.75) is 0 Å². The Bertz CT molecular complexity index is 2910. The van der Waals surface area contributed by atoms with Crippen LogP contribution in [0.5, 0.6) is 0 Å². The number of hydrogen-bond donors (Lipinski definition) is 0. The van der Waals surface area contributed by atoms with Gasteiger partial charge in [0.1, 0.15) is 0 Å². The summed E-state index contributed by atoms with van der Waals surface area (Å²) < 4.78 is 0. The smallest absolute Gasteiger partial charge is 0.164 e. The summed E-state index contributed by atoms with van der Waals surface area (Å²) in [5.41, 5.74) is 9.63. The molecule has 0 unspecified atom stereocenters. The predicted octanol–water partition coefficient (Wildman–Crippen LogP) is 12.7. The minimum Gasteiger partial charge on any atom is -0.264 e. The van der Waals surface area contributed by atoms with Crippen LogP contribution in [0.3, 0.4) is 0 Å². The zero-order valence-corrected chi connectivity index (χ0v) is 29.3. The fourth-order valence-electron chi connectivity index (χ4n) is 7.45. The van der Waals surface area contributed by atoms with E-state index in [-0.39, 0.29) is 0 Å². The van der Waals surface area contributed by atoms with E-state index in [4.69, 9.17) is 15.0 Å². The lowest BCUT2D eigenvalue weighted by molar-refractivity contribution is 1.07. The van der Waals surface area contributed by atoms with Crippen LogP contribution < -0.4 is 0 Å². The molecule has 10 aromatic rings. The summed E-state index contributed by atoms with van der Waals surface area (Å²) in [5.74, 6) is 1.90. The van der Waals surface area contributed by atoms with Crippen molar-refractivity contribution in [3.63, 3.8) is 0 Å². The Morgan fingerprint density at radius 3 is 1.07 bits per heavy atom. The normalized spacial score (nSPS) is 11.3. The van der Waals surface area contributed by atoms with Gasteiger partial charge in [0.05, 0.1) is 0 Å². The summed E-state index contributed by atoms with van der Waals surface area (Å²) >= 11 is 0. The van der Waals surface area contributed by atoms with E-state index >= 15 is 0 Å². The van der Waals surface area contributed by atoms with Gasteiger partial charge in [0, 0.05) is 29.1 Å². The standard InChI is InChI=1S/C50H32N4/c1-2-9-37(10-3-1)48-52-49(54-50(53-48)39-26-22-36(23-27-39)41-11-8-30-51-32-41)38-24-20-34(21-25-38)33-16-18-35(19-17-33)40-28-29-46-44-14-5-4-12-42(44)43-13-6-7-15-45(43)47(46)31-40/h1-32H. The van der Waals surface area contributed by atoms with E-state index in [0.29, 0.717) is 17.5 Å². The molecule has 8 aromatic carbocycles. The van der Waals surface area contributed by atoms with E-state index < -0.39 is 0 Å². The average molecular weight is 689 g/mol. The third-order valence-corrected chi connectivity index (χ3v) is 10.2. The second-order valence-electron chi connectivity index (χ2n) is 13.5. The Kier molecular flexibility index (Phi) is 7.77. The third kappa shape index (κ3) is 5.76. The van der Waals surface area contributed by atoms with Gasteiger partial charge in [-0.2, -0.15) is 0 Å². The van der Waals surface area contributed by atoms with Crippen LogP contribution in [0.2, 0.25) is 0 Å². The second kappa shape index (κ2) is 13.4. The Morgan fingerprint density at radius 2 is 0.593 bits per heavy atom. The summed E-state index contributed by atoms with van der Waals surface area (Å²) in [6, 6.07) is 64.0. The second-order valence-corrected chi connectivity index (χ2v) is 13.5. The first-order valence-corrected chi connectivity index (χ1v) is 18.1. The van der Waals surface area contributed by atoms with E-state index in [1.165, 1.54) is 43.4 Å². The molecule has 252 valence electrons. The summed E-state index contributed by atoms with van der Waals surface area (Å²) in [6.45, 7) is 0. The number of rotatable bonds is 6. The molecule has 0 N–H and O–H groups in total. The molecule has 0 atom stereocenters. The maximum Gasteiger partial charge on any atom is 0.164 e. The van der Waals surface area contributed by atoms with Crippen LogP contribution in [0.4, 0.5) is 0 Å². The van der Waals surface area contributed by atoms with Crippen molar-refractivity contribution < 1.29 is 0 Å². The molecule has 0 saturated heterocycles. The van der Waals surface area contributed by atoms with Crippen molar-refractivity contribution in [3.05, 3.63) is 194 Å². The van der Waals surface area contributed by atoms with Gasteiger partial charge >= 0.3 is 0 Å². The van der Waals surface area contributed by atoms with Crippen LogP contribution in [0, 0.1) is 0 Å². The van der Waals surface area contributed by atoms with Gasteiger partial charge in [-0.25, -0.2) is 15.0 Å². The first kappa shape index (κ1) is 31.4. The molecule has 0 amide bonds. The van der Waals surface area contributed by atoms with Crippen molar-refractivity contribution in [2.24, 2.45) is 0 Å². The third-order valence-electron chi connectivity index (χ3n) is 10.2. The molecule has 0 radical (unpaired) electrons. The predicted molar refractivity (Wildman–Crippen MR) is 223 cm³/mol. The van der Waals surface area contributed by atoms with E-state index in [0.717, 1.165) is 38.9 Å². The fourth-order valence-corrected chi connectivity index (χ4v) is 7.45. The van der Waals surface area contributed by atoms with E-state index in [2.05, 4.69) is 151 Å². The van der Waals surface area contributed by atoms with Crippen LogP contribution in [0.15, 0.2) is 194 Å². The number of aromatic nitrogens is 4. The number of pyridine rings is 1. The van der Waals surface area contributed by atoms with Crippen molar-refractivity contribution in [3.8, 4) is 67.5 Å². The molecular formula is C50H32N4. The molecule has 0 fully saturated rings. The van der Waals surface area contributed by atoms with Gasteiger partial charge < -0.3 is 0 Å². The zero-order valence-electron chi connectivity index (χ0n) is 29.3. The number of nitrogens with zero attached hydrogens (tertiary/aromatic N) is 4. The van der Waals surface area contributed by atoms with Crippen LogP contribution in [-0.2, 0) is 0 Å². The molecule has 2 heterocycles. The molecule has 4 nitrogen and oxygen atoms in total. The summed E-state index contributed by atoms with van der Waals surface area (Å²) in [4.78, 5) is 19.1. The molecule has 0 bridgehead atoms. The van der Waals surface area contributed by atoms with E-state index in [1.807, 2.05) is 42.6 Å². The molecule has 0 spiro atoms. The van der Waals surface area contributed by atoms with Gasteiger partial charge in [-0.1, -0.05) is 170 Å². The van der Waals surface area contributed by atoms with Crippen LogP contribution in [0.1, 0.15) is 0 Å². The van der Waals surface area contributed by atoms with E-state index in [9.17, 15) is 0 Å². The minimum atomic E-state index is 0.631. The molecule has 54 heavy (non-hydrogen) atoms. The van der Waals surface area contributed by atoms with Gasteiger partial charge in [-0.3, -0.25) is 4.98 Å². The minimum absolute atomic E-state index is 0.631. The van der Waals surface area contributed by atoms with Gasteiger partial charge in [0.25, 0.3) is 0 Å². The monoisotopic (exact) mass is 688 g/mol. The fraction of sp³-hybridized carbons (Fsp3) is 0. The molecule has 0 saturated carbocycles. The highest BCUT2D eigenvalue weighted by atomic mass is 15.0. The largest absolute Gasteiger partial charge is 0.264 e. The molecule has 0 aliphatic heterocycles. The van der Waals surface area contributed by atoms with Crippen LogP contribution >= 0.6 is 0 Å². The van der Waals surface area contributed by atoms with Crippen LogP contribution in [-0.4, -0.2) is 19.9 Å². The Hall–Kier alpha value is -7.30. The van der Waals surface area contributed by atoms with Crippen LogP contribution in [0.25, 0.3) is 99.9 Å². The lowest BCUT2D eigenvalue weighted by Gasteiger charge is -2.12. The SMILES string of the molecule is c1ccc(-c2nc(-c3ccc(-c4ccc(-c5ccc6c7ccccc7c7ccccc7c6c5)cc4)cc3)nc(-c3ccc(-c4cccnc4)cc3)n2)cc1. The maximum atomic E-state index is 4.97. The van der Waals surface area contributed by atoms with Gasteiger partial charge in [0.15, 0.2) is 17.5 Å². The molecular weight excluding hydrogens is 657 g/mol. The molecule has 0 aliphatic rings. The quantitative estimate of drug-likeness (QED) is 0.163. The first-order chi connectivity index (χ1) is 26.7. The zero-order chi connectivity index (χ0) is 35.8. The van der Waals surface area contributed by atoms with Gasteiger partial charge in [-0.05, 0) is 77.8 Å². The molecule has 2 aromatic heterocycles. The van der Waals surface area contributed by atoms with Gasteiger partial charge in [0.2, 0.25) is 0 Å². The highest BCUT2D eigenvalue weighted by Gasteiger charge is 2.14. The van der Waals surface area contributed by atoms with Gasteiger partial charge in [-0.15, -0.1) is 0 Å². The first-order valence-electron chi connectivity index (χ1n) is 18.1. The molecule has 4 heteroatoms. The van der Waals surface area contributed by atoms with E-state index in [1.54, 1.807) is 6.20 Å². The summed E-state index contributed by atoms with van der Waals surface area (Å²) in [7, 11) is 0. The topological polar surface area (TPSA) is 51.6 Å². The highest BCUT2D eigenvalue weighted by Crippen LogP contribution is 2.37. The van der Waals surface area contributed by atoms with Crippen molar-refractivity contribution in [2.75, 3.05) is 0 Å². The van der Waals surface area contributed by atoms with Crippen molar-refractivity contribution in [1.82, 2.24) is 19.9 Å². The molecule has 10 rings (SSSR count). The molecule has 0 aliphatic carbocycles. The lowest BCUT2D eigenvalue weighted by Crippen LogP contribution is -2.00. The Labute approximate surface area is 313 Å². The average Bonchev–Trinajstić information content (AvgIpc) is 3.27. The van der Waals surface area contributed by atoms with Crippen molar-refractivity contribution >= 4 is 32.3 Å². The lowest BCUT2D eigenvalue weighted by atomic mass is 9.92. The Balaban J connectivity index is 0.964. The number of fused-ring (bicyclic) bond motifs is 6. The highest BCUT2D eigenvalue weighted by molar-refractivity contribution is 6.25.